The van der Waals surface area contributed by atoms with Gasteiger partial charge in [-0.05, 0) is 34.2 Å². The lowest BCUT2D eigenvalue weighted by Crippen LogP contribution is -2.40. The van der Waals surface area contributed by atoms with Crippen LogP contribution >= 0.6 is 27.5 Å². The summed E-state index contributed by atoms with van der Waals surface area (Å²) in [5.74, 6) is -5.46. The van der Waals surface area contributed by atoms with Crippen LogP contribution in [-0.4, -0.2) is 55.2 Å². The highest BCUT2D eigenvalue weighted by molar-refractivity contribution is 9.12. The van der Waals surface area contributed by atoms with Gasteiger partial charge < -0.3 is 9.64 Å². The Morgan fingerprint density at radius 2 is 1.90 bits per heavy atom. The van der Waals surface area contributed by atoms with Gasteiger partial charge in [-0.15, -0.1) is 0 Å². The Balaban J connectivity index is 2.33. The summed E-state index contributed by atoms with van der Waals surface area (Å²) in [4.78, 5) is 5.41. The molecule has 0 saturated heterocycles. The van der Waals surface area contributed by atoms with Gasteiger partial charge in [0.15, 0.2) is 16.4 Å². The van der Waals surface area contributed by atoms with Crippen LogP contribution in [0.3, 0.4) is 0 Å². The Morgan fingerprint density at radius 3 is 2.41 bits per heavy atom. The van der Waals surface area contributed by atoms with Crippen LogP contribution in [0.25, 0.3) is 0 Å². The van der Waals surface area contributed by atoms with E-state index in [-0.39, 0.29) is 28.1 Å². The SMILES string of the molecule is CCS(=O)(=O)C1C=C(Br)C(Cl)=NC1=C1C=CC(OCC(F)(F)C(F)(F)F)=CN1C. The first-order valence-electron chi connectivity index (χ1n) is 7.97. The summed E-state index contributed by atoms with van der Waals surface area (Å²) in [5.41, 5.74) is 0.339. The maximum absolute atomic E-state index is 13.0. The molecule has 0 aromatic rings. The molecular weight excluding hydrogens is 511 g/mol. The summed E-state index contributed by atoms with van der Waals surface area (Å²) >= 11 is 9.12. The molecule has 0 fully saturated rings. The first kappa shape index (κ1) is 23.9. The Hall–Kier alpha value is -1.40. The van der Waals surface area contributed by atoms with Crippen molar-refractivity contribution in [1.82, 2.24) is 4.90 Å². The third-order valence-electron chi connectivity index (χ3n) is 3.98. The van der Waals surface area contributed by atoms with Crippen molar-refractivity contribution < 1.29 is 35.1 Å². The number of dihydropyridines is 1. The summed E-state index contributed by atoms with van der Waals surface area (Å²) in [5, 5.41) is -1.12. The van der Waals surface area contributed by atoms with Crippen molar-refractivity contribution >= 4 is 42.5 Å². The fourth-order valence-corrected chi connectivity index (χ4v) is 4.25. The zero-order chi connectivity index (χ0) is 22.2. The molecule has 162 valence electrons. The molecule has 2 rings (SSSR count). The molecule has 0 saturated carbocycles. The van der Waals surface area contributed by atoms with E-state index < -0.39 is 33.8 Å². The summed E-state index contributed by atoms with van der Waals surface area (Å²) in [7, 11) is -2.19. The van der Waals surface area contributed by atoms with E-state index in [0.717, 1.165) is 12.3 Å². The lowest BCUT2D eigenvalue weighted by atomic mass is 10.1. The van der Waals surface area contributed by atoms with Crippen molar-refractivity contribution in [3.8, 4) is 0 Å². The van der Waals surface area contributed by atoms with Crippen LogP contribution in [-0.2, 0) is 14.6 Å². The predicted octanol–water partition coefficient (Wildman–Crippen LogP) is 4.49. The van der Waals surface area contributed by atoms with Gasteiger partial charge in [-0.1, -0.05) is 18.5 Å². The molecule has 1 atom stereocenters. The van der Waals surface area contributed by atoms with Crippen LogP contribution in [0.1, 0.15) is 6.92 Å². The van der Waals surface area contributed by atoms with Gasteiger partial charge in [0.25, 0.3) is 0 Å². The highest BCUT2D eigenvalue weighted by Crippen LogP contribution is 2.37. The van der Waals surface area contributed by atoms with E-state index in [1.165, 1.54) is 31.0 Å². The van der Waals surface area contributed by atoms with Crippen molar-refractivity contribution in [2.75, 3.05) is 19.4 Å². The number of hydrogen-bond donors (Lipinski definition) is 0. The number of halogens is 7. The molecule has 13 heteroatoms. The first-order chi connectivity index (χ1) is 13.2. The second-order valence-corrected chi connectivity index (χ2v) is 9.65. The maximum Gasteiger partial charge on any atom is 0.456 e. The van der Waals surface area contributed by atoms with Crippen LogP contribution in [0, 0.1) is 0 Å². The van der Waals surface area contributed by atoms with Gasteiger partial charge in [-0.25, -0.2) is 13.4 Å². The molecule has 5 nitrogen and oxygen atoms in total. The quantitative estimate of drug-likeness (QED) is 0.497. The largest absolute Gasteiger partial charge is 0.485 e. The highest BCUT2D eigenvalue weighted by atomic mass is 79.9. The van der Waals surface area contributed by atoms with Crippen molar-refractivity contribution in [3.05, 3.63) is 46.1 Å². The molecule has 29 heavy (non-hydrogen) atoms. The monoisotopic (exact) mass is 524 g/mol. The number of ether oxygens (including phenoxy) is 1. The number of alkyl halides is 5. The van der Waals surface area contributed by atoms with Crippen molar-refractivity contribution in [1.29, 1.82) is 0 Å². The van der Waals surface area contributed by atoms with Crippen LogP contribution in [0.5, 0.6) is 0 Å². The topological polar surface area (TPSA) is 59.0 Å². The molecule has 2 heterocycles. The molecule has 0 aromatic carbocycles. The number of sulfone groups is 1. The number of hydrogen-bond acceptors (Lipinski definition) is 5. The number of rotatable bonds is 5. The smallest absolute Gasteiger partial charge is 0.456 e. The molecule has 0 radical (unpaired) electrons. The van der Waals surface area contributed by atoms with Gasteiger partial charge in [0, 0.05) is 19.0 Å². The molecule has 0 aliphatic carbocycles. The molecule has 0 bridgehead atoms. The van der Waals surface area contributed by atoms with Crippen molar-refractivity contribution in [2.45, 2.75) is 24.3 Å². The third-order valence-corrected chi connectivity index (χ3v) is 7.07. The maximum atomic E-state index is 13.0. The number of allylic oxidation sites excluding steroid dienone is 3. The number of likely N-dealkylation sites (N-methyl/N-ethyl adjacent to an activating group) is 1. The Bertz CT molecular complexity index is 939. The minimum Gasteiger partial charge on any atom is -0.485 e. The summed E-state index contributed by atoms with van der Waals surface area (Å²) < 4.78 is 92.5. The molecule has 0 N–H and O–H groups in total. The fourth-order valence-electron chi connectivity index (χ4n) is 2.35. The average molecular weight is 526 g/mol. The van der Waals surface area contributed by atoms with E-state index in [4.69, 9.17) is 11.6 Å². The van der Waals surface area contributed by atoms with Gasteiger partial charge in [0.1, 0.15) is 16.2 Å². The second-order valence-electron chi connectivity index (χ2n) is 6.03. The third kappa shape index (κ3) is 5.21. The molecule has 2 aliphatic rings. The van der Waals surface area contributed by atoms with Gasteiger partial charge in [-0.2, -0.15) is 22.0 Å². The zero-order valence-corrected chi connectivity index (χ0v) is 18.1. The first-order valence-corrected chi connectivity index (χ1v) is 10.9. The summed E-state index contributed by atoms with van der Waals surface area (Å²) in [6.45, 7) is -0.425. The Kier molecular flexibility index (Phi) is 6.90. The molecule has 1 unspecified atom stereocenters. The lowest BCUT2D eigenvalue weighted by Gasteiger charge is -2.28. The zero-order valence-electron chi connectivity index (χ0n) is 15.0. The predicted molar refractivity (Wildman–Crippen MR) is 103 cm³/mol. The van der Waals surface area contributed by atoms with Crippen molar-refractivity contribution in [2.24, 2.45) is 4.99 Å². The second kappa shape index (κ2) is 8.38. The van der Waals surface area contributed by atoms with E-state index in [1.54, 1.807) is 0 Å². The molecular formula is C16H15BrClF5N2O3S. The molecule has 2 aliphatic heterocycles. The summed E-state index contributed by atoms with van der Waals surface area (Å²) in [6.07, 6.45) is -0.782. The van der Waals surface area contributed by atoms with Crippen LogP contribution in [0.4, 0.5) is 22.0 Å². The average Bonchev–Trinajstić information content (AvgIpc) is 2.61. The number of nitrogens with zero attached hydrogens (tertiary/aromatic N) is 2. The van der Waals surface area contributed by atoms with E-state index in [9.17, 15) is 30.4 Å². The standard InChI is InChI=1S/C16H15BrClF5N2O3S/c1-3-29(26,27)12-6-10(17)14(18)24-13(12)11-5-4-9(7-25(11)2)28-8-15(19,20)16(21,22)23/h4-7,12H,3,8H2,1-2H3. The van der Waals surface area contributed by atoms with Crippen molar-refractivity contribution in [3.63, 3.8) is 0 Å². The molecule has 0 spiro atoms. The van der Waals surface area contributed by atoms with E-state index >= 15 is 0 Å². The van der Waals surface area contributed by atoms with Gasteiger partial charge in [0.05, 0.1) is 15.9 Å². The van der Waals surface area contributed by atoms with E-state index in [1.807, 2.05) is 0 Å². The van der Waals surface area contributed by atoms with Crippen LogP contribution < -0.4 is 0 Å². The fraction of sp³-hybridized carbons (Fsp3) is 0.438. The van der Waals surface area contributed by atoms with Gasteiger partial charge >= 0.3 is 12.1 Å². The van der Waals surface area contributed by atoms with E-state index in [0.29, 0.717) is 4.48 Å². The Labute approximate surface area is 177 Å². The number of aliphatic imine (C=N–C) groups is 1. The molecule has 0 amide bonds. The minimum atomic E-state index is -5.74. The molecule has 0 aromatic heterocycles. The normalized spacial score (nSPS) is 23.6. The lowest BCUT2D eigenvalue weighted by molar-refractivity contribution is -0.293. The van der Waals surface area contributed by atoms with Gasteiger partial charge in [-0.3, -0.25) is 0 Å². The van der Waals surface area contributed by atoms with Crippen LogP contribution in [0.2, 0.25) is 0 Å². The minimum absolute atomic E-state index is 0.00713. The summed E-state index contributed by atoms with van der Waals surface area (Å²) in [6, 6.07) is 0. The Morgan fingerprint density at radius 1 is 1.28 bits per heavy atom. The van der Waals surface area contributed by atoms with Gasteiger partial charge in [0.2, 0.25) is 0 Å². The van der Waals surface area contributed by atoms with Crippen LogP contribution in [0.15, 0.2) is 51.1 Å². The highest BCUT2D eigenvalue weighted by Gasteiger charge is 2.58. The van der Waals surface area contributed by atoms with E-state index in [2.05, 4.69) is 25.7 Å².